The quantitative estimate of drug-likeness (QED) is 0.394. The van der Waals surface area contributed by atoms with Gasteiger partial charge in [0, 0.05) is 12.1 Å². The van der Waals surface area contributed by atoms with Gasteiger partial charge in [-0.15, -0.1) is 0 Å². The first kappa shape index (κ1) is 11.5. The van der Waals surface area contributed by atoms with Crippen LogP contribution in [0.4, 0.5) is 0 Å². The summed E-state index contributed by atoms with van der Waals surface area (Å²) >= 11 is 0. The van der Waals surface area contributed by atoms with E-state index in [1.807, 2.05) is 0 Å². The van der Waals surface area contributed by atoms with Crippen LogP contribution in [-0.2, 0) is 11.3 Å². The van der Waals surface area contributed by atoms with Crippen LogP contribution < -0.4 is 5.73 Å². The number of rotatable bonds is 3. The molecule has 0 bridgehead atoms. The standard InChI is InChI=1S/C9H9NO2.H2O/c10-5-7-1-3-8(4-2-7)9(12)6-11;/h1-4,6H,5,10H2;1H2. The van der Waals surface area contributed by atoms with E-state index in [0.29, 0.717) is 18.4 Å². The van der Waals surface area contributed by atoms with Crippen molar-refractivity contribution in [3.05, 3.63) is 35.4 Å². The Balaban J connectivity index is 0.00000144. The van der Waals surface area contributed by atoms with Gasteiger partial charge in [-0.05, 0) is 5.56 Å². The summed E-state index contributed by atoms with van der Waals surface area (Å²) in [6, 6.07) is 6.66. The summed E-state index contributed by atoms with van der Waals surface area (Å²) in [6.45, 7) is 0.440. The smallest absolute Gasteiger partial charge is 0.225 e. The Morgan fingerprint density at radius 2 is 1.85 bits per heavy atom. The van der Waals surface area contributed by atoms with Crippen LogP contribution in [0, 0.1) is 0 Å². The first-order valence-electron chi connectivity index (χ1n) is 3.56. The van der Waals surface area contributed by atoms with Gasteiger partial charge in [0.15, 0.2) is 6.29 Å². The van der Waals surface area contributed by atoms with Crippen molar-refractivity contribution in [2.24, 2.45) is 5.73 Å². The summed E-state index contributed by atoms with van der Waals surface area (Å²) < 4.78 is 0. The molecule has 0 saturated carbocycles. The van der Waals surface area contributed by atoms with Crippen molar-refractivity contribution in [1.82, 2.24) is 0 Å². The fraction of sp³-hybridized carbons (Fsp3) is 0.111. The third-order valence-corrected chi connectivity index (χ3v) is 1.58. The molecule has 0 unspecified atom stereocenters. The van der Waals surface area contributed by atoms with Gasteiger partial charge in [0.2, 0.25) is 5.78 Å². The molecule has 4 heteroatoms. The van der Waals surface area contributed by atoms with E-state index in [-0.39, 0.29) is 5.48 Å². The highest BCUT2D eigenvalue weighted by Gasteiger charge is 2.01. The summed E-state index contributed by atoms with van der Waals surface area (Å²) in [5.74, 6) is -0.501. The Hall–Kier alpha value is -1.52. The molecule has 0 radical (unpaired) electrons. The first-order chi connectivity index (χ1) is 5.77. The largest absolute Gasteiger partial charge is 0.412 e. The van der Waals surface area contributed by atoms with Crippen molar-refractivity contribution in [3.8, 4) is 0 Å². The van der Waals surface area contributed by atoms with Crippen LogP contribution in [0.2, 0.25) is 0 Å². The maximum atomic E-state index is 10.8. The van der Waals surface area contributed by atoms with Crippen LogP contribution in [0.15, 0.2) is 24.3 Å². The summed E-state index contributed by atoms with van der Waals surface area (Å²) in [6.07, 6.45) is 0.303. The number of carbonyl (C=O) groups excluding carboxylic acids is 2. The summed E-state index contributed by atoms with van der Waals surface area (Å²) in [4.78, 5) is 20.9. The van der Waals surface area contributed by atoms with Gasteiger partial charge in [-0.2, -0.15) is 0 Å². The molecule has 0 aliphatic rings. The van der Waals surface area contributed by atoms with Gasteiger partial charge < -0.3 is 11.2 Å². The second-order valence-electron chi connectivity index (χ2n) is 2.38. The predicted molar refractivity (Wildman–Crippen MR) is 48.3 cm³/mol. The highest BCUT2D eigenvalue weighted by Crippen LogP contribution is 2.03. The zero-order valence-corrected chi connectivity index (χ0v) is 6.99. The van der Waals surface area contributed by atoms with Crippen LogP contribution in [0.1, 0.15) is 15.9 Å². The first-order valence-corrected chi connectivity index (χ1v) is 3.56. The van der Waals surface area contributed by atoms with E-state index in [0.717, 1.165) is 5.56 Å². The minimum Gasteiger partial charge on any atom is -0.412 e. The van der Waals surface area contributed by atoms with Crippen LogP contribution in [-0.4, -0.2) is 17.5 Å². The molecule has 0 atom stereocenters. The Morgan fingerprint density at radius 1 is 1.31 bits per heavy atom. The molecular weight excluding hydrogens is 170 g/mol. The number of nitrogens with two attached hydrogens (primary N) is 1. The fourth-order valence-corrected chi connectivity index (χ4v) is 0.873. The molecule has 1 aromatic carbocycles. The molecular formula is C9H11NO3. The van der Waals surface area contributed by atoms with Crippen molar-refractivity contribution in [2.75, 3.05) is 0 Å². The third kappa shape index (κ3) is 2.77. The Kier molecular flexibility index (Phi) is 4.58. The highest BCUT2D eigenvalue weighted by molar-refractivity contribution is 6.33. The molecule has 0 amide bonds. The fourth-order valence-electron chi connectivity index (χ4n) is 0.873. The lowest BCUT2D eigenvalue weighted by molar-refractivity contribution is -0.104. The average Bonchev–Trinajstić information content (AvgIpc) is 2.17. The second kappa shape index (κ2) is 5.18. The van der Waals surface area contributed by atoms with E-state index in [1.54, 1.807) is 24.3 Å². The van der Waals surface area contributed by atoms with E-state index in [2.05, 4.69) is 0 Å². The van der Waals surface area contributed by atoms with Crippen molar-refractivity contribution < 1.29 is 15.1 Å². The minimum atomic E-state index is -0.501. The SMILES string of the molecule is NCc1ccc(C(=O)C=O)cc1.O. The van der Waals surface area contributed by atoms with Crippen LogP contribution in [0.3, 0.4) is 0 Å². The van der Waals surface area contributed by atoms with Crippen LogP contribution >= 0.6 is 0 Å². The summed E-state index contributed by atoms with van der Waals surface area (Å²) in [5, 5.41) is 0. The predicted octanol–water partition coefficient (Wildman–Crippen LogP) is -0.298. The number of hydrogen-bond donors (Lipinski definition) is 1. The average molecular weight is 181 g/mol. The Morgan fingerprint density at radius 3 is 2.23 bits per heavy atom. The minimum absolute atomic E-state index is 0. The molecule has 0 saturated heterocycles. The van der Waals surface area contributed by atoms with Gasteiger partial charge in [-0.3, -0.25) is 9.59 Å². The number of aldehydes is 1. The molecule has 0 heterocycles. The third-order valence-electron chi connectivity index (χ3n) is 1.58. The van der Waals surface area contributed by atoms with Crippen molar-refractivity contribution in [2.45, 2.75) is 6.54 Å². The van der Waals surface area contributed by atoms with Gasteiger partial charge in [-0.25, -0.2) is 0 Å². The summed E-state index contributed by atoms with van der Waals surface area (Å²) in [5.41, 5.74) is 6.70. The number of hydrogen-bond acceptors (Lipinski definition) is 3. The van der Waals surface area contributed by atoms with E-state index >= 15 is 0 Å². The maximum Gasteiger partial charge on any atom is 0.225 e. The lowest BCUT2D eigenvalue weighted by atomic mass is 10.1. The maximum absolute atomic E-state index is 10.8. The van der Waals surface area contributed by atoms with E-state index in [1.165, 1.54) is 0 Å². The highest BCUT2D eigenvalue weighted by atomic mass is 16.2. The van der Waals surface area contributed by atoms with Crippen molar-refractivity contribution in [3.63, 3.8) is 0 Å². The second-order valence-corrected chi connectivity index (χ2v) is 2.38. The van der Waals surface area contributed by atoms with Gasteiger partial charge in [0.05, 0.1) is 0 Å². The zero-order valence-electron chi connectivity index (χ0n) is 6.99. The molecule has 1 aromatic rings. The molecule has 0 fully saturated rings. The van der Waals surface area contributed by atoms with Crippen molar-refractivity contribution in [1.29, 1.82) is 0 Å². The van der Waals surface area contributed by atoms with E-state index in [9.17, 15) is 9.59 Å². The molecule has 70 valence electrons. The normalized spacial score (nSPS) is 8.69. The zero-order chi connectivity index (χ0) is 8.97. The number of ketones is 1. The lowest BCUT2D eigenvalue weighted by Crippen LogP contribution is -2.01. The topological polar surface area (TPSA) is 91.7 Å². The van der Waals surface area contributed by atoms with Crippen LogP contribution in [0.25, 0.3) is 0 Å². The molecule has 1 rings (SSSR count). The van der Waals surface area contributed by atoms with Gasteiger partial charge in [0.1, 0.15) is 0 Å². The molecule has 0 aliphatic carbocycles. The number of benzene rings is 1. The Bertz CT molecular complexity index is 292. The lowest BCUT2D eigenvalue weighted by Gasteiger charge is -1.96. The number of carbonyl (C=O) groups is 2. The number of Topliss-reactive ketones (excluding diaryl/α,β-unsaturated/α-hetero) is 1. The van der Waals surface area contributed by atoms with Crippen LogP contribution in [0.5, 0.6) is 0 Å². The molecule has 13 heavy (non-hydrogen) atoms. The molecule has 0 aromatic heterocycles. The molecule has 4 nitrogen and oxygen atoms in total. The van der Waals surface area contributed by atoms with Gasteiger partial charge >= 0.3 is 0 Å². The molecule has 0 aliphatic heterocycles. The summed E-state index contributed by atoms with van der Waals surface area (Å²) in [7, 11) is 0. The van der Waals surface area contributed by atoms with Gasteiger partial charge in [-0.1, -0.05) is 24.3 Å². The van der Waals surface area contributed by atoms with Gasteiger partial charge in [0.25, 0.3) is 0 Å². The van der Waals surface area contributed by atoms with Crippen molar-refractivity contribution >= 4 is 12.1 Å². The Labute approximate surface area is 75.7 Å². The van der Waals surface area contributed by atoms with E-state index < -0.39 is 5.78 Å². The molecule has 0 spiro atoms. The monoisotopic (exact) mass is 181 g/mol. The molecule has 4 N–H and O–H groups in total. The van der Waals surface area contributed by atoms with E-state index in [4.69, 9.17) is 5.73 Å².